The normalized spacial score (nSPS) is 11.1. The third-order valence-electron chi connectivity index (χ3n) is 3.43. The lowest BCUT2D eigenvalue weighted by Gasteiger charge is -2.10. The van der Waals surface area contributed by atoms with Gasteiger partial charge in [-0.1, -0.05) is 59.2 Å². The van der Waals surface area contributed by atoms with Crippen LogP contribution in [0.5, 0.6) is 5.75 Å². The van der Waals surface area contributed by atoms with Crippen LogP contribution in [-0.4, -0.2) is 11.4 Å². The predicted molar refractivity (Wildman–Crippen MR) is 89.1 cm³/mol. The van der Waals surface area contributed by atoms with Crippen LogP contribution < -0.4 is 4.74 Å². The van der Waals surface area contributed by atoms with E-state index in [4.69, 9.17) is 21.5 Å². The van der Waals surface area contributed by atoms with Gasteiger partial charge in [0.25, 0.3) is 0 Å². The Hall–Kier alpha value is -2.52. The van der Waals surface area contributed by atoms with Crippen molar-refractivity contribution >= 4 is 28.6 Å². The van der Waals surface area contributed by atoms with E-state index in [1.54, 1.807) is 18.2 Å². The number of hydrogen-bond acceptors (Lipinski definition) is 3. The van der Waals surface area contributed by atoms with Crippen LogP contribution in [-0.2, 0) is 6.61 Å². The van der Waals surface area contributed by atoms with Crippen molar-refractivity contribution in [3.8, 4) is 5.75 Å². The molecule has 0 amide bonds. The van der Waals surface area contributed by atoms with E-state index in [0.29, 0.717) is 22.9 Å². The first-order valence-electron chi connectivity index (χ1n) is 6.84. The second-order valence-corrected chi connectivity index (χ2v) is 5.27. The van der Waals surface area contributed by atoms with Crippen LogP contribution >= 0.6 is 11.6 Å². The Balaban J connectivity index is 1.82. The van der Waals surface area contributed by atoms with Crippen LogP contribution in [0.25, 0.3) is 10.8 Å². The van der Waals surface area contributed by atoms with Crippen molar-refractivity contribution in [3.63, 3.8) is 0 Å². The fraction of sp³-hybridized carbons (Fsp3) is 0.0556. The Labute approximate surface area is 133 Å². The van der Waals surface area contributed by atoms with Gasteiger partial charge in [-0.15, -0.1) is 0 Å². The fourth-order valence-corrected chi connectivity index (χ4v) is 2.60. The Morgan fingerprint density at radius 3 is 2.68 bits per heavy atom. The highest BCUT2D eigenvalue weighted by Gasteiger charge is 2.05. The van der Waals surface area contributed by atoms with Gasteiger partial charge >= 0.3 is 0 Å². The van der Waals surface area contributed by atoms with E-state index in [9.17, 15) is 0 Å². The topological polar surface area (TPSA) is 41.8 Å². The summed E-state index contributed by atoms with van der Waals surface area (Å²) in [5.74, 6) is 0.602. The van der Waals surface area contributed by atoms with Crippen LogP contribution in [0.15, 0.2) is 65.8 Å². The van der Waals surface area contributed by atoms with E-state index in [2.05, 4.69) is 23.4 Å². The summed E-state index contributed by atoms with van der Waals surface area (Å²) in [6.45, 7) is 0.439. The molecule has 0 saturated carbocycles. The van der Waals surface area contributed by atoms with Gasteiger partial charge in [0.1, 0.15) is 12.4 Å². The standard InChI is InChI=1S/C18H14ClNO2/c19-17-10-13(11-20-21)8-9-18(17)22-12-15-6-3-5-14-4-1-2-7-16(14)15/h1-11,21H,12H2. The van der Waals surface area contributed by atoms with Crippen molar-refractivity contribution in [2.75, 3.05) is 0 Å². The molecule has 0 atom stereocenters. The molecule has 22 heavy (non-hydrogen) atoms. The van der Waals surface area contributed by atoms with Crippen molar-refractivity contribution in [2.45, 2.75) is 6.61 Å². The van der Waals surface area contributed by atoms with Crippen molar-refractivity contribution in [2.24, 2.45) is 5.16 Å². The molecule has 3 nitrogen and oxygen atoms in total. The number of halogens is 1. The van der Waals surface area contributed by atoms with E-state index in [1.807, 2.05) is 24.3 Å². The molecule has 110 valence electrons. The molecule has 0 aliphatic rings. The van der Waals surface area contributed by atoms with Gasteiger partial charge in [0, 0.05) is 0 Å². The van der Waals surface area contributed by atoms with E-state index in [1.165, 1.54) is 17.0 Å². The van der Waals surface area contributed by atoms with Crippen LogP contribution in [0, 0.1) is 0 Å². The summed E-state index contributed by atoms with van der Waals surface area (Å²) in [7, 11) is 0. The van der Waals surface area contributed by atoms with Gasteiger partial charge in [-0.25, -0.2) is 0 Å². The monoisotopic (exact) mass is 311 g/mol. The minimum absolute atomic E-state index is 0.439. The number of benzene rings is 3. The zero-order valence-corrected chi connectivity index (χ0v) is 12.5. The van der Waals surface area contributed by atoms with Crippen LogP contribution in [0.1, 0.15) is 11.1 Å². The summed E-state index contributed by atoms with van der Waals surface area (Å²) in [4.78, 5) is 0. The minimum atomic E-state index is 0.439. The summed E-state index contributed by atoms with van der Waals surface area (Å²) < 4.78 is 5.83. The van der Waals surface area contributed by atoms with Crippen molar-refractivity contribution in [1.29, 1.82) is 0 Å². The van der Waals surface area contributed by atoms with E-state index in [-0.39, 0.29) is 0 Å². The van der Waals surface area contributed by atoms with Gasteiger partial charge < -0.3 is 9.94 Å². The van der Waals surface area contributed by atoms with Gasteiger partial charge in [-0.05, 0) is 40.1 Å². The van der Waals surface area contributed by atoms with Crippen LogP contribution in [0.2, 0.25) is 5.02 Å². The molecule has 0 aliphatic carbocycles. The lowest BCUT2D eigenvalue weighted by Crippen LogP contribution is -1.97. The van der Waals surface area contributed by atoms with Crippen LogP contribution in [0.4, 0.5) is 0 Å². The molecule has 0 saturated heterocycles. The Bertz CT molecular complexity index is 825. The first-order valence-corrected chi connectivity index (χ1v) is 7.22. The molecule has 1 N–H and O–H groups in total. The van der Waals surface area contributed by atoms with E-state index in [0.717, 1.165) is 5.56 Å². The maximum absolute atomic E-state index is 8.53. The number of ether oxygens (including phenoxy) is 1. The molecule has 0 unspecified atom stereocenters. The van der Waals surface area contributed by atoms with Gasteiger partial charge in [0.05, 0.1) is 11.2 Å². The average molecular weight is 312 g/mol. The molecule has 0 radical (unpaired) electrons. The fourth-order valence-electron chi connectivity index (χ4n) is 2.35. The molecule has 3 aromatic carbocycles. The average Bonchev–Trinajstić information content (AvgIpc) is 2.54. The number of oxime groups is 1. The molecule has 0 aliphatic heterocycles. The number of fused-ring (bicyclic) bond motifs is 1. The van der Waals surface area contributed by atoms with Gasteiger partial charge in [-0.3, -0.25) is 0 Å². The third-order valence-corrected chi connectivity index (χ3v) is 3.72. The molecule has 0 bridgehead atoms. The van der Waals surface area contributed by atoms with Crippen molar-refractivity contribution in [3.05, 3.63) is 76.8 Å². The smallest absolute Gasteiger partial charge is 0.138 e. The van der Waals surface area contributed by atoms with Crippen molar-refractivity contribution in [1.82, 2.24) is 0 Å². The summed E-state index contributed by atoms with van der Waals surface area (Å²) in [6, 6.07) is 19.6. The highest BCUT2D eigenvalue weighted by atomic mass is 35.5. The molecular formula is C18H14ClNO2. The lowest BCUT2D eigenvalue weighted by molar-refractivity contribution is 0.308. The minimum Gasteiger partial charge on any atom is -0.487 e. The third kappa shape index (κ3) is 3.05. The summed E-state index contributed by atoms with van der Waals surface area (Å²) in [5.41, 5.74) is 1.82. The molecule has 0 spiro atoms. The van der Waals surface area contributed by atoms with Gasteiger partial charge in [-0.2, -0.15) is 0 Å². The lowest BCUT2D eigenvalue weighted by atomic mass is 10.1. The highest BCUT2D eigenvalue weighted by molar-refractivity contribution is 6.32. The first-order chi connectivity index (χ1) is 10.8. The van der Waals surface area contributed by atoms with Gasteiger partial charge in [0.2, 0.25) is 0 Å². The molecule has 0 heterocycles. The SMILES string of the molecule is ON=Cc1ccc(OCc2cccc3ccccc23)c(Cl)c1. The second-order valence-electron chi connectivity index (χ2n) is 4.86. The van der Waals surface area contributed by atoms with E-state index >= 15 is 0 Å². The molecule has 0 fully saturated rings. The second kappa shape index (κ2) is 6.50. The largest absolute Gasteiger partial charge is 0.487 e. The summed E-state index contributed by atoms with van der Waals surface area (Å²) >= 11 is 6.18. The maximum Gasteiger partial charge on any atom is 0.138 e. The summed E-state index contributed by atoms with van der Waals surface area (Å²) in [6.07, 6.45) is 1.32. The number of hydrogen-bond donors (Lipinski definition) is 1. The number of rotatable bonds is 4. The molecule has 4 heteroatoms. The quantitative estimate of drug-likeness (QED) is 0.424. The molecular weight excluding hydrogens is 298 g/mol. The highest BCUT2D eigenvalue weighted by Crippen LogP contribution is 2.27. The zero-order chi connectivity index (χ0) is 15.4. The van der Waals surface area contributed by atoms with Crippen molar-refractivity contribution < 1.29 is 9.94 Å². The molecule has 3 rings (SSSR count). The number of nitrogens with zero attached hydrogens (tertiary/aromatic N) is 1. The van der Waals surface area contributed by atoms with Gasteiger partial charge in [0.15, 0.2) is 0 Å². The van der Waals surface area contributed by atoms with E-state index < -0.39 is 0 Å². The Kier molecular flexibility index (Phi) is 4.26. The molecule has 0 aromatic heterocycles. The first kappa shape index (κ1) is 14.4. The summed E-state index contributed by atoms with van der Waals surface area (Å²) in [5, 5.41) is 14.3. The maximum atomic E-state index is 8.53. The molecule has 3 aromatic rings. The Morgan fingerprint density at radius 2 is 1.86 bits per heavy atom. The predicted octanol–water partition coefficient (Wildman–Crippen LogP) is 4.88. The van der Waals surface area contributed by atoms with Crippen LogP contribution in [0.3, 0.4) is 0 Å². The Morgan fingerprint density at radius 1 is 1.05 bits per heavy atom. The zero-order valence-electron chi connectivity index (χ0n) is 11.7.